The second kappa shape index (κ2) is 29.6. The van der Waals surface area contributed by atoms with Crippen molar-refractivity contribution in [1.82, 2.24) is 38.9 Å². The van der Waals surface area contributed by atoms with Crippen LogP contribution in [-0.4, -0.2) is 160 Å². The largest absolute Gasteiger partial charge is 0.494 e. The average Bonchev–Trinajstić information content (AvgIpc) is 4.03. The second-order valence-electron chi connectivity index (χ2n) is 19.1. The predicted molar refractivity (Wildman–Crippen MR) is 331 cm³/mol. The lowest BCUT2D eigenvalue weighted by molar-refractivity contribution is -0.112. The quantitative estimate of drug-likeness (QED) is 0.0374. The Hall–Kier alpha value is -8.53. The Morgan fingerprint density at radius 1 is 0.556 bits per heavy atom. The summed E-state index contributed by atoms with van der Waals surface area (Å²) in [6.07, 6.45) is 10.1. The number of amides is 2. The van der Waals surface area contributed by atoms with Gasteiger partial charge in [0.05, 0.1) is 72.9 Å². The molecule has 0 saturated heterocycles. The highest BCUT2D eigenvalue weighted by Gasteiger charge is 2.20. The monoisotopic (exact) mass is 1120 g/mol. The van der Waals surface area contributed by atoms with Crippen molar-refractivity contribution in [3.8, 4) is 34.0 Å². The lowest BCUT2D eigenvalue weighted by Gasteiger charge is -2.26. The fourth-order valence-electron chi connectivity index (χ4n) is 8.94. The first kappa shape index (κ1) is 61.7. The van der Waals surface area contributed by atoms with Crippen LogP contribution in [0.4, 0.5) is 46.0 Å². The maximum atomic E-state index is 12.3. The number of rotatable bonds is 26. The number of halogens is 1. The molecule has 0 aliphatic heterocycles. The van der Waals surface area contributed by atoms with Gasteiger partial charge >= 0.3 is 0 Å². The van der Waals surface area contributed by atoms with Gasteiger partial charge in [-0.3, -0.25) is 9.59 Å². The van der Waals surface area contributed by atoms with Crippen molar-refractivity contribution in [2.75, 3.05) is 140 Å². The molecule has 0 fully saturated rings. The van der Waals surface area contributed by atoms with E-state index in [1.54, 1.807) is 40.8 Å². The van der Waals surface area contributed by atoms with Crippen LogP contribution in [0.15, 0.2) is 135 Å². The van der Waals surface area contributed by atoms with Crippen LogP contribution in [-0.2, 0) is 33.2 Å². The number of carbonyl (C=O) groups excluding carboxylic acids is 2. The summed E-state index contributed by atoms with van der Waals surface area (Å²) in [5.41, 5.74) is 9.94. The van der Waals surface area contributed by atoms with Crippen LogP contribution in [0.1, 0.15) is 0 Å². The molecule has 0 aliphatic carbocycles. The third kappa shape index (κ3) is 15.9. The lowest BCUT2D eigenvalue weighted by atomic mass is 10.1. The molecule has 20 nitrogen and oxygen atoms in total. The molecule has 0 spiro atoms. The Bertz CT molecular complexity index is 3200. The minimum absolute atomic E-state index is 0. The fourth-order valence-corrected chi connectivity index (χ4v) is 8.94. The molecule has 81 heavy (non-hydrogen) atoms. The predicted octanol–water partition coefficient (Wildman–Crippen LogP) is 9.47. The summed E-state index contributed by atoms with van der Waals surface area (Å²) in [5, 5.41) is 14.7. The molecule has 4 aromatic heterocycles. The SMILES string of the molecule is C=CC(=O)Nc1cc(Nc2nccc(-c3cn(C)c4ccccc34)n2)c(OC)cc1N(C)CCN(C)CCOC.C=CC(=O)Nc1cc(Nc2nccc(-c3cn(C)c4ccccc34)n2)c(OC)cc1N(C)CCN(C)CCOC.Cl. The van der Waals surface area contributed by atoms with Gasteiger partial charge in [-0.25, -0.2) is 19.9 Å². The van der Waals surface area contributed by atoms with Gasteiger partial charge in [-0.05, 0) is 62.6 Å². The molecule has 4 aromatic carbocycles. The number of nitrogens with zero attached hydrogens (tertiary/aromatic N) is 10. The molecular weight excluding hydrogens is 1050 g/mol. The molecule has 8 aromatic rings. The summed E-state index contributed by atoms with van der Waals surface area (Å²) in [4.78, 5) is 51.7. The van der Waals surface area contributed by atoms with Crippen molar-refractivity contribution in [2.24, 2.45) is 14.1 Å². The number of aryl methyl sites for hydroxylation is 2. The number of anilines is 8. The van der Waals surface area contributed by atoms with E-state index < -0.39 is 0 Å². The standard InChI is InChI=1S/2C30H37N7O3.ClH/c2*1-7-29(38)32-24-18-25(28(40-6)19-27(24)36(3)15-14-35(2)16-17-39-5)34-30-31-13-12-23(33-30)22-20-37(4)26-11-9-8-10-21(22)26;/h2*7-13,18-20H,1,14-17H2,2-6H3,(H,32,38)(H,31,33,34);1H. The molecule has 0 unspecified atom stereocenters. The molecule has 8 rings (SSSR count). The molecule has 2 amide bonds. The van der Waals surface area contributed by atoms with Crippen LogP contribution >= 0.6 is 12.4 Å². The first-order valence-electron chi connectivity index (χ1n) is 26.1. The Balaban J connectivity index is 0.000000258. The van der Waals surface area contributed by atoms with E-state index in [4.69, 9.17) is 28.9 Å². The molecule has 0 aliphatic rings. The van der Waals surface area contributed by atoms with Gasteiger partial charge in [-0.2, -0.15) is 0 Å². The molecule has 4 heterocycles. The van der Waals surface area contributed by atoms with Gasteiger partial charge < -0.3 is 68.9 Å². The summed E-state index contributed by atoms with van der Waals surface area (Å²) in [6.45, 7) is 13.3. The van der Waals surface area contributed by atoms with E-state index in [2.05, 4.69) is 110 Å². The van der Waals surface area contributed by atoms with Crippen molar-refractivity contribution in [3.63, 3.8) is 0 Å². The molecular formula is C60H75ClN14O6. The molecule has 428 valence electrons. The summed E-state index contributed by atoms with van der Waals surface area (Å²) in [6, 6.07) is 27.6. The summed E-state index contributed by atoms with van der Waals surface area (Å²) in [5.74, 6) is 1.38. The van der Waals surface area contributed by atoms with Crippen molar-refractivity contribution < 1.29 is 28.5 Å². The van der Waals surface area contributed by atoms with Crippen LogP contribution in [0, 0.1) is 0 Å². The zero-order valence-electron chi connectivity index (χ0n) is 47.9. The second-order valence-corrected chi connectivity index (χ2v) is 19.1. The number of nitrogens with one attached hydrogen (secondary N) is 4. The highest BCUT2D eigenvalue weighted by molar-refractivity contribution is 6.03. The number of carbonyl (C=O) groups is 2. The highest BCUT2D eigenvalue weighted by Crippen LogP contribution is 2.40. The third-order valence-electron chi connectivity index (χ3n) is 13.5. The molecule has 0 radical (unpaired) electrons. The normalized spacial score (nSPS) is 10.9. The van der Waals surface area contributed by atoms with Crippen molar-refractivity contribution in [2.45, 2.75) is 0 Å². The average molecular weight is 1120 g/mol. The Labute approximate surface area is 480 Å². The molecule has 0 atom stereocenters. The first-order chi connectivity index (χ1) is 38.7. The minimum Gasteiger partial charge on any atom is -0.494 e. The smallest absolute Gasteiger partial charge is 0.247 e. The fraction of sp³-hybridized carbons (Fsp3) is 0.300. The van der Waals surface area contributed by atoms with Gasteiger partial charge in [0.1, 0.15) is 11.5 Å². The Morgan fingerprint density at radius 3 is 1.32 bits per heavy atom. The maximum absolute atomic E-state index is 12.3. The number of likely N-dealkylation sites (N-methyl/N-ethyl adjacent to an activating group) is 4. The van der Waals surface area contributed by atoms with E-state index in [0.29, 0.717) is 59.4 Å². The van der Waals surface area contributed by atoms with Crippen molar-refractivity contribution >= 4 is 92.0 Å². The van der Waals surface area contributed by atoms with Crippen molar-refractivity contribution in [1.29, 1.82) is 0 Å². The van der Waals surface area contributed by atoms with E-state index >= 15 is 0 Å². The van der Waals surface area contributed by atoms with Gasteiger partial charge in [0, 0.05) is 152 Å². The topological polar surface area (TPSA) is 194 Å². The lowest BCUT2D eigenvalue weighted by Crippen LogP contribution is -2.33. The van der Waals surface area contributed by atoms with E-state index in [-0.39, 0.29) is 24.2 Å². The third-order valence-corrected chi connectivity index (χ3v) is 13.5. The van der Waals surface area contributed by atoms with E-state index in [9.17, 15) is 9.59 Å². The van der Waals surface area contributed by atoms with Gasteiger partial charge in [-0.1, -0.05) is 49.6 Å². The number of methoxy groups -OCH3 is 4. The number of aromatic nitrogens is 6. The number of benzene rings is 4. The van der Waals surface area contributed by atoms with Gasteiger partial charge in [-0.15, -0.1) is 12.4 Å². The highest BCUT2D eigenvalue weighted by atomic mass is 35.5. The van der Waals surface area contributed by atoms with E-state index in [0.717, 1.165) is 95.0 Å². The summed E-state index contributed by atoms with van der Waals surface area (Å²) >= 11 is 0. The number of hydrogen-bond acceptors (Lipinski definition) is 16. The number of ether oxygens (including phenoxy) is 4. The van der Waals surface area contributed by atoms with E-state index in [1.807, 2.05) is 103 Å². The molecule has 0 bridgehead atoms. The van der Waals surface area contributed by atoms with Crippen LogP contribution in [0.5, 0.6) is 11.5 Å². The van der Waals surface area contributed by atoms with Gasteiger partial charge in [0.15, 0.2) is 0 Å². The summed E-state index contributed by atoms with van der Waals surface area (Å²) < 4.78 is 26.0. The zero-order chi connectivity index (χ0) is 57.3. The molecule has 4 N–H and O–H groups in total. The Morgan fingerprint density at radius 2 is 0.951 bits per heavy atom. The van der Waals surface area contributed by atoms with Crippen LogP contribution in [0.3, 0.4) is 0 Å². The Kier molecular flexibility index (Phi) is 22.6. The van der Waals surface area contributed by atoms with Crippen LogP contribution < -0.4 is 40.5 Å². The summed E-state index contributed by atoms with van der Waals surface area (Å²) in [7, 11) is 18.7. The van der Waals surface area contributed by atoms with Crippen LogP contribution in [0.25, 0.3) is 44.3 Å². The molecule has 0 saturated carbocycles. The first-order valence-corrected chi connectivity index (χ1v) is 26.1. The van der Waals surface area contributed by atoms with Gasteiger partial charge in [0.25, 0.3) is 0 Å². The zero-order valence-corrected chi connectivity index (χ0v) is 48.8. The van der Waals surface area contributed by atoms with E-state index in [1.165, 1.54) is 12.2 Å². The maximum Gasteiger partial charge on any atom is 0.247 e. The number of fused-ring (bicyclic) bond motifs is 2. The van der Waals surface area contributed by atoms with Gasteiger partial charge in [0.2, 0.25) is 23.7 Å². The molecule has 21 heteroatoms. The number of para-hydroxylation sites is 2. The minimum atomic E-state index is -0.308. The number of hydrogen-bond donors (Lipinski definition) is 4. The van der Waals surface area contributed by atoms with Crippen molar-refractivity contribution in [3.05, 3.63) is 135 Å². The van der Waals surface area contributed by atoms with Crippen LogP contribution in [0.2, 0.25) is 0 Å².